The first kappa shape index (κ1) is 6.09. The van der Waals surface area contributed by atoms with E-state index in [1.54, 1.807) is 0 Å². The minimum absolute atomic E-state index is 0.282. The van der Waals surface area contributed by atoms with Crippen molar-refractivity contribution in [1.29, 1.82) is 0 Å². The normalized spacial score (nSPS) is 44.6. The van der Waals surface area contributed by atoms with Crippen molar-refractivity contribution in [2.24, 2.45) is 5.92 Å². The molecule has 0 amide bonds. The second-order valence-electron chi connectivity index (χ2n) is 3.05. The zero-order valence-corrected chi connectivity index (χ0v) is 5.65. The zero-order chi connectivity index (χ0) is 6.20. The molecule has 0 aromatic rings. The van der Waals surface area contributed by atoms with Gasteiger partial charge in [-0.25, -0.2) is 0 Å². The third kappa shape index (κ3) is 1.03. The van der Waals surface area contributed by atoms with Gasteiger partial charge in [-0.2, -0.15) is 0 Å². The van der Waals surface area contributed by atoms with Gasteiger partial charge < -0.3 is 5.11 Å². The fraction of sp³-hybridized carbons (Fsp3) is 1.00. The minimum atomic E-state index is -0.282. The summed E-state index contributed by atoms with van der Waals surface area (Å²) in [7, 11) is 0. The van der Waals surface area contributed by atoms with Crippen LogP contribution in [0, 0.1) is 5.92 Å². The van der Waals surface area contributed by atoms with Gasteiger partial charge in [0.15, 0.2) is 0 Å². The van der Waals surface area contributed by atoms with Crippen LogP contribution in [-0.4, -0.2) is 10.7 Å². The SMILES string of the molecule is CCCC1CC1(C)O. The summed E-state index contributed by atoms with van der Waals surface area (Å²) in [5.74, 6) is 0.618. The fourth-order valence-corrected chi connectivity index (χ4v) is 1.20. The van der Waals surface area contributed by atoms with E-state index in [1.807, 2.05) is 6.92 Å². The molecule has 0 heterocycles. The maximum Gasteiger partial charge on any atom is 0.0652 e. The number of hydrogen-bond acceptors (Lipinski definition) is 1. The molecule has 48 valence electrons. The van der Waals surface area contributed by atoms with E-state index in [9.17, 15) is 5.11 Å². The molecule has 1 rings (SSSR count). The quantitative estimate of drug-likeness (QED) is 0.577. The van der Waals surface area contributed by atoms with Crippen molar-refractivity contribution in [3.05, 3.63) is 0 Å². The van der Waals surface area contributed by atoms with Crippen molar-refractivity contribution >= 4 is 0 Å². The van der Waals surface area contributed by atoms with E-state index < -0.39 is 0 Å². The maximum absolute atomic E-state index is 9.22. The first-order valence-corrected chi connectivity index (χ1v) is 3.39. The van der Waals surface area contributed by atoms with Gasteiger partial charge in [0.05, 0.1) is 5.60 Å². The molecule has 0 aromatic heterocycles. The summed E-state index contributed by atoms with van der Waals surface area (Å²) in [6.07, 6.45) is 3.44. The molecule has 2 atom stereocenters. The summed E-state index contributed by atoms with van der Waals surface area (Å²) in [5.41, 5.74) is -0.282. The van der Waals surface area contributed by atoms with Gasteiger partial charge in [0.2, 0.25) is 0 Å². The first-order valence-electron chi connectivity index (χ1n) is 3.39. The van der Waals surface area contributed by atoms with Gasteiger partial charge in [0.1, 0.15) is 0 Å². The van der Waals surface area contributed by atoms with Crippen LogP contribution in [0.3, 0.4) is 0 Å². The summed E-state index contributed by atoms with van der Waals surface area (Å²) < 4.78 is 0. The molecule has 2 unspecified atom stereocenters. The van der Waals surface area contributed by atoms with Crippen LogP contribution in [0.2, 0.25) is 0 Å². The average Bonchev–Trinajstić information content (AvgIpc) is 2.15. The Hall–Kier alpha value is -0.0400. The second-order valence-corrected chi connectivity index (χ2v) is 3.05. The van der Waals surface area contributed by atoms with E-state index in [2.05, 4.69) is 6.92 Å². The Morgan fingerprint density at radius 3 is 2.38 bits per heavy atom. The van der Waals surface area contributed by atoms with Crippen molar-refractivity contribution in [1.82, 2.24) is 0 Å². The lowest BCUT2D eigenvalue weighted by atomic mass is 10.2. The van der Waals surface area contributed by atoms with Crippen molar-refractivity contribution in [2.45, 2.75) is 38.7 Å². The molecule has 1 N–H and O–H groups in total. The van der Waals surface area contributed by atoms with Gasteiger partial charge in [-0.05, 0) is 25.7 Å². The monoisotopic (exact) mass is 114 g/mol. The third-order valence-corrected chi connectivity index (χ3v) is 2.02. The molecule has 0 aliphatic heterocycles. The van der Waals surface area contributed by atoms with E-state index in [0.29, 0.717) is 5.92 Å². The molecule has 1 aliphatic carbocycles. The Balaban J connectivity index is 2.17. The molecule has 0 radical (unpaired) electrons. The van der Waals surface area contributed by atoms with Crippen LogP contribution in [0.25, 0.3) is 0 Å². The fourth-order valence-electron chi connectivity index (χ4n) is 1.20. The van der Waals surface area contributed by atoms with Gasteiger partial charge in [-0.15, -0.1) is 0 Å². The molecule has 1 aliphatic rings. The highest BCUT2D eigenvalue weighted by molar-refractivity contribution is 4.98. The Kier molecular flexibility index (Phi) is 1.31. The van der Waals surface area contributed by atoms with Crippen molar-refractivity contribution in [3.8, 4) is 0 Å². The molecule has 1 fully saturated rings. The zero-order valence-electron chi connectivity index (χ0n) is 5.65. The number of hydrogen-bond donors (Lipinski definition) is 1. The predicted molar refractivity (Wildman–Crippen MR) is 33.6 cm³/mol. The smallest absolute Gasteiger partial charge is 0.0652 e. The number of aliphatic hydroxyl groups is 1. The highest BCUT2D eigenvalue weighted by Crippen LogP contribution is 2.45. The Morgan fingerprint density at radius 1 is 1.75 bits per heavy atom. The summed E-state index contributed by atoms with van der Waals surface area (Å²) in [5, 5.41) is 9.22. The van der Waals surface area contributed by atoms with Gasteiger partial charge in [0, 0.05) is 0 Å². The van der Waals surface area contributed by atoms with Crippen molar-refractivity contribution in [2.75, 3.05) is 0 Å². The lowest BCUT2D eigenvalue weighted by Crippen LogP contribution is -2.02. The molecule has 0 spiro atoms. The standard InChI is InChI=1S/C7H14O/c1-3-4-6-5-7(6,2)8/h6,8H,3-5H2,1-2H3. The summed E-state index contributed by atoms with van der Waals surface area (Å²) >= 11 is 0. The molecule has 0 saturated heterocycles. The minimum Gasteiger partial charge on any atom is -0.390 e. The van der Waals surface area contributed by atoms with Crippen LogP contribution in [0.1, 0.15) is 33.1 Å². The maximum atomic E-state index is 9.22. The topological polar surface area (TPSA) is 20.2 Å². The molecular weight excluding hydrogens is 100 g/mol. The van der Waals surface area contributed by atoms with E-state index >= 15 is 0 Å². The summed E-state index contributed by atoms with van der Waals surface area (Å²) in [4.78, 5) is 0. The van der Waals surface area contributed by atoms with Crippen LogP contribution in [-0.2, 0) is 0 Å². The largest absolute Gasteiger partial charge is 0.390 e. The van der Waals surface area contributed by atoms with Crippen LogP contribution in [0.5, 0.6) is 0 Å². The van der Waals surface area contributed by atoms with Crippen LogP contribution >= 0.6 is 0 Å². The van der Waals surface area contributed by atoms with E-state index in [0.717, 1.165) is 6.42 Å². The lowest BCUT2D eigenvalue weighted by Gasteiger charge is -1.97. The third-order valence-electron chi connectivity index (χ3n) is 2.02. The van der Waals surface area contributed by atoms with E-state index in [1.165, 1.54) is 12.8 Å². The van der Waals surface area contributed by atoms with Crippen molar-refractivity contribution in [3.63, 3.8) is 0 Å². The average molecular weight is 114 g/mol. The van der Waals surface area contributed by atoms with Gasteiger partial charge >= 0.3 is 0 Å². The highest BCUT2D eigenvalue weighted by Gasteiger charge is 2.47. The molecular formula is C7H14O. The van der Waals surface area contributed by atoms with Gasteiger partial charge in [0.25, 0.3) is 0 Å². The highest BCUT2D eigenvalue weighted by atomic mass is 16.3. The Morgan fingerprint density at radius 2 is 2.25 bits per heavy atom. The predicted octanol–water partition coefficient (Wildman–Crippen LogP) is 1.56. The molecule has 1 saturated carbocycles. The van der Waals surface area contributed by atoms with Gasteiger partial charge in [-0.1, -0.05) is 13.3 Å². The van der Waals surface area contributed by atoms with Crippen molar-refractivity contribution < 1.29 is 5.11 Å². The summed E-state index contributed by atoms with van der Waals surface area (Å²) in [6, 6.07) is 0. The Labute approximate surface area is 50.7 Å². The Bertz CT molecular complexity index is 86.4. The molecule has 1 heteroatoms. The van der Waals surface area contributed by atoms with Gasteiger partial charge in [-0.3, -0.25) is 0 Å². The molecule has 0 aromatic carbocycles. The second kappa shape index (κ2) is 1.73. The van der Waals surface area contributed by atoms with Crippen LogP contribution < -0.4 is 0 Å². The van der Waals surface area contributed by atoms with E-state index in [4.69, 9.17) is 0 Å². The van der Waals surface area contributed by atoms with E-state index in [-0.39, 0.29) is 5.60 Å². The van der Waals surface area contributed by atoms with Crippen LogP contribution in [0.4, 0.5) is 0 Å². The molecule has 1 nitrogen and oxygen atoms in total. The lowest BCUT2D eigenvalue weighted by molar-refractivity contribution is 0.150. The summed E-state index contributed by atoms with van der Waals surface area (Å²) in [6.45, 7) is 4.09. The first-order chi connectivity index (χ1) is 3.67. The molecule has 8 heavy (non-hydrogen) atoms. The van der Waals surface area contributed by atoms with Crippen LogP contribution in [0.15, 0.2) is 0 Å². The molecule has 0 bridgehead atoms. The number of rotatable bonds is 2.